The van der Waals surface area contributed by atoms with Crippen LogP contribution >= 0.6 is 11.6 Å². The number of aliphatic carboxylic acids is 1. The van der Waals surface area contributed by atoms with Crippen molar-refractivity contribution in [3.63, 3.8) is 0 Å². The number of morpholine rings is 1. The van der Waals surface area contributed by atoms with Gasteiger partial charge in [-0.1, -0.05) is 23.7 Å². The predicted molar refractivity (Wildman–Crippen MR) is 139 cm³/mol. The van der Waals surface area contributed by atoms with Gasteiger partial charge in [-0.2, -0.15) is 4.80 Å². The Morgan fingerprint density at radius 3 is 2.49 bits per heavy atom. The Kier molecular flexibility index (Phi) is 9.06. The van der Waals surface area contributed by atoms with Gasteiger partial charge in [0, 0.05) is 50.1 Å². The average Bonchev–Trinajstić information content (AvgIpc) is 3.49. The lowest BCUT2D eigenvalue weighted by Crippen LogP contribution is -2.57. The van der Waals surface area contributed by atoms with Crippen LogP contribution in [0.1, 0.15) is 37.6 Å². The second-order valence-electron chi connectivity index (χ2n) is 9.56. The minimum atomic E-state index is -0.833. The second kappa shape index (κ2) is 12.4. The van der Waals surface area contributed by atoms with Crippen molar-refractivity contribution in [1.82, 2.24) is 30.0 Å². The molecule has 37 heavy (non-hydrogen) atoms. The molecule has 2 aromatic rings. The van der Waals surface area contributed by atoms with E-state index in [-0.39, 0.29) is 6.10 Å². The highest BCUT2D eigenvalue weighted by molar-refractivity contribution is 6.30. The Labute approximate surface area is 221 Å². The first-order chi connectivity index (χ1) is 17.8. The first kappa shape index (κ1) is 27.0. The molecule has 0 radical (unpaired) electrons. The molecule has 0 aliphatic carbocycles. The number of ether oxygens (including phenoxy) is 1. The number of hydrogen-bond donors (Lipinski definition) is 2. The first-order valence-corrected chi connectivity index (χ1v) is 12.8. The number of aryl methyl sites for hydroxylation is 1. The third kappa shape index (κ3) is 7.70. The summed E-state index contributed by atoms with van der Waals surface area (Å²) in [6.45, 7) is 4.56. The number of amidine groups is 2. The van der Waals surface area contributed by atoms with E-state index < -0.39 is 5.97 Å². The zero-order chi connectivity index (χ0) is 26.4. The van der Waals surface area contributed by atoms with Crippen molar-refractivity contribution >= 4 is 29.2 Å². The summed E-state index contributed by atoms with van der Waals surface area (Å²) in [6.07, 6.45) is 4.47. The van der Waals surface area contributed by atoms with E-state index in [0.29, 0.717) is 37.4 Å². The van der Waals surface area contributed by atoms with Gasteiger partial charge >= 0.3 is 0 Å². The zero-order valence-corrected chi connectivity index (χ0v) is 22.0. The Morgan fingerprint density at radius 2 is 1.89 bits per heavy atom. The predicted octanol–water partition coefficient (Wildman–Crippen LogP) is 1.35. The highest BCUT2D eigenvalue weighted by Gasteiger charge is 2.36. The maximum atomic E-state index is 9.00. The number of nitrogens with two attached hydrogens (primary N) is 1. The number of benzene rings is 1. The van der Waals surface area contributed by atoms with Crippen LogP contribution in [0.4, 0.5) is 0 Å². The summed E-state index contributed by atoms with van der Waals surface area (Å²) in [7, 11) is 1.79. The molecule has 3 aliphatic heterocycles. The molecule has 2 saturated heterocycles. The Bertz CT molecular complexity index is 1110. The third-order valence-electron chi connectivity index (χ3n) is 6.68. The van der Waals surface area contributed by atoms with Crippen molar-refractivity contribution in [2.24, 2.45) is 23.0 Å². The summed E-state index contributed by atoms with van der Waals surface area (Å²) in [4.78, 5) is 15.5. The lowest BCUT2D eigenvalue weighted by Gasteiger charge is -2.47. The smallest absolute Gasteiger partial charge is 0.300 e. The fourth-order valence-electron chi connectivity index (χ4n) is 5.01. The molecule has 4 heterocycles. The standard InChI is InChI=1S/C22H30ClN9O.C2H4O2/c1-30-28-21(26-29-30)11-19-13-32(18(14-33-19)10-15-2-4-16(23)5-3-15)17-6-8-31(9-7-17)22-12-20(24)25-27-22;1-2(3)4/h2-5,17-19H,6-14H2,1H3,(H2,24,25);1H3,(H,3,4)/t18-,19-;/m0./s1. The molecule has 0 bridgehead atoms. The van der Waals surface area contributed by atoms with Gasteiger partial charge in [0.25, 0.3) is 5.97 Å². The molecule has 2 fully saturated rings. The molecule has 0 spiro atoms. The van der Waals surface area contributed by atoms with Gasteiger partial charge in [0.05, 0.1) is 26.2 Å². The van der Waals surface area contributed by atoms with Crippen LogP contribution in [0, 0.1) is 0 Å². The normalized spacial score (nSPS) is 22.7. The molecular formula is C24H34ClN9O3. The van der Waals surface area contributed by atoms with E-state index in [2.05, 4.69) is 47.5 Å². The van der Waals surface area contributed by atoms with Crippen LogP contribution in [-0.2, 0) is 29.4 Å². The molecule has 0 saturated carbocycles. The number of carbonyl (C=O) groups is 1. The number of tetrazole rings is 1. The minimum Gasteiger partial charge on any atom is -0.481 e. The number of carboxylic acids is 1. The molecule has 13 heteroatoms. The quantitative estimate of drug-likeness (QED) is 0.583. The lowest BCUT2D eigenvalue weighted by atomic mass is 9.95. The molecule has 2 atom stereocenters. The van der Waals surface area contributed by atoms with Crippen molar-refractivity contribution in [2.45, 2.75) is 57.2 Å². The van der Waals surface area contributed by atoms with Crippen LogP contribution in [-0.4, -0.2) is 97.2 Å². The van der Waals surface area contributed by atoms with Crippen LogP contribution in [0.3, 0.4) is 0 Å². The van der Waals surface area contributed by atoms with Gasteiger partial charge in [0.15, 0.2) is 5.82 Å². The number of aromatic nitrogens is 4. The average molecular weight is 532 g/mol. The summed E-state index contributed by atoms with van der Waals surface area (Å²) in [5.41, 5.74) is 7.09. The Morgan fingerprint density at radius 1 is 1.19 bits per heavy atom. The van der Waals surface area contributed by atoms with Crippen LogP contribution in [0.2, 0.25) is 5.02 Å². The molecule has 5 rings (SSSR count). The lowest BCUT2D eigenvalue weighted by molar-refractivity contribution is -0.134. The highest BCUT2D eigenvalue weighted by atomic mass is 35.5. The zero-order valence-electron chi connectivity index (χ0n) is 21.2. The minimum absolute atomic E-state index is 0.0566. The van der Waals surface area contributed by atoms with E-state index >= 15 is 0 Å². The summed E-state index contributed by atoms with van der Waals surface area (Å²) in [5, 5.41) is 28.9. The van der Waals surface area contributed by atoms with Gasteiger partial charge in [-0.05, 0) is 42.2 Å². The number of nitrogens with zero attached hydrogens (tertiary/aromatic N) is 8. The number of likely N-dealkylation sites (tertiary alicyclic amines) is 1. The summed E-state index contributed by atoms with van der Waals surface area (Å²) in [6, 6.07) is 8.95. The van der Waals surface area contributed by atoms with Crippen molar-refractivity contribution in [3.05, 3.63) is 40.7 Å². The number of hydrogen-bond acceptors (Lipinski definition) is 10. The first-order valence-electron chi connectivity index (χ1n) is 12.4. The van der Waals surface area contributed by atoms with Gasteiger partial charge in [0.1, 0.15) is 11.7 Å². The molecule has 3 aliphatic rings. The monoisotopic (exact) mass is 531 g/mol. The van der Waals surface area contributed by atoms with Crippen molar-refractivity contribution in [1.29, 1.82) is 0 Å². The van der Waals surface area contributed by atoms with Crippen molar-refractivity contribution in [2.75, 3.05) is 26.2 Å². The topological polar surface area (TPSA) is 147 Å². The Hall–Kier alpha value is -3.09. The van der Waals surface area contributed by atoms with Crippen LogP contribution in [0.25, 0.3) is 0 Å². The van der Waals surface area contributed by atoms with Crippen LogP contribution in [0.5, 0.6) is 0 Å². The number of carboxylic acid groups (broad SMARTS) is 1. The van der Waals surface area contributed by atoms with E-state index in [1.165, 1.54) is 10.4 Å². The molecule has 3 N–H and O–H groups in total. The van der Waals surface area contributed by atoms with E-state index in [1.54, 1.807) is 7.05 Å². The van der Waals surface area contributed by atoms with Gasteiger partial charge in [-0.25, -0.2) is 0 Å². The molecule has 1 aromatic heterocycles. The van der Waals surface area contributed by atoms with Crippen molar-refractivity contribution < 1.29 is 14.6 Å². The Balaban J connectivity index is 0.000000747. The summed E-state index contributed by atoms with van der Waals surface area (Å²) < 4.78 is 6.29. The maximum absolute atomic E-state index is 9.00. The number of piperidine rings is 1. The molecule has 1 aromatic carbocycles. The highest BCUT2D eigenvalue weighted by Crippen LogP contribution is 2.27. The van der Waals surface area contributed by atoms with Gasteiger partial charge < -0.3 is 20.5 Å². The maximum Gasteiger partial charge on any atom is 0.300 e. The molecule has 0 amide bonds. The number of rotatable bonds is 5. The number of halogens is 1. The fourth-order valence-corrected chi connectivity index (χ4v) is 5.14. The second-order valence-corrected chi connectivity index (χ2v) is 9.99. The molecule has 0 unspecified atom stereocenters. The summed E-state index contributed by atoms with van der Waals surface area (Å²) in [5.74, 6) is 1.49. The molecule has 12 nitrogen and oxygen atoms in total. The summed E-state index contributed by atoms with van der Waals surface area (Å²) >= 11 is 6.10. The van der Waals surface area contributed by atoms with Gasteiger partial charge in [-0.3, -0.25) is 9.69 Å². The van der Waals surface area contributed by atoms with Crippen molar-refractivity contribution in [3.8, 4) is 0 Å². The fraction of sp³-hybridized carbons (Fsp3) is 0.583. The van der Waals surface area contributed by atoms with E-state index in [9.17, 15) is 0 Å². The largest absolute Gasteiger partial charge is 0.481 e. The van der Waals surface area contributed by atoms with E-state index in [0.717, 1.165) is 62.5 Å². The molecular weight excluding hydrogens is 498 g/mol. The third-order valence-corrected chi connectivity index (χ3v) is 6.94. The van der Waals surface area contributed by atoms with Gasteiger partial charge in [0.2, 0.25) is 0 Å². The van der Waals surface area contributed by atoms with Gasteiger partial charge in [-0.15, -0.1) is 20.4 Å². The van der Waals surface area contributed by atoms with Crippen LogP contribution < -0.4 is 5.73 Å². The van der Waals surface area contributed by atoms with Crippen LogP contribution in [0.15, 0.2) is 34.5 Å². The van der Waals surface area contributed by atoms with E-state index in [1.807, 2.05) is 12.1 Å². The van der Waals surface area contributed by atoms with E-state index in [4.69, 9.17) is 32.0 Å². The molecule has 200 valence electrons. The SMILES string of the molecule is CC(=O)O.Cn1nnc(C[C@H]2CN(C3CCN(C4=NN=C(N)C4)CC3)[C@@H](Cc3ccc(Cl)cc3)CO2)n1.